The summed E-state index contributed by atoms with van der Waals surface area (Å²) in [7, 11) is 0. The lowest BCUT2D eigenvalue weighted by Gasteiger charge is -2.13. The summed E-state index contributed by atoms with van der Waals surface area (Å²) in [6.07, 6.45) is -2.46. The van der Waals surface area contributed by atoms with Crippen molar-refractivity contribution in [3.05, 3.63) is 0 Å². The Kier molecular flexibility index (Phi) is 3.59. The van der Waals surface area contributed by atoms with Crippen LogP contribution in [0.1, 0.15) is 6.92 Å². The van der Waals surface area contributed by atoms with Gasteiger partial charge in [-0.3, -0.25) is 4.79 Å². The van der Waals surface area contributed by atoms with Crippen LogP contribution in [-0.2, 0) is 4.79 Å². The van der Waals surface area contributed by atoms with Crippen LogP contribution in [-0.4, -0.2) is 32.0 Å². The van der Waals surface area contributed by atoms with Gasteiger partial charge in [0.2, 0.25) is 5.91 Å². The second kappa shape index (κ2) is 4.50. The summed E-state index contributed by atoms with van der Waals surface area (Å²) in [5.41, 5.74) is 0. The van der Waals surface area contributed by atoms with Crippen molar-refractivity contribution in [2.75, 3.05) is 19.6 Å². The molecule has 2 atom stereocenters. The van der Waals surface area contributed by atoms with Crippen LogP contribution in [0.3, 0.4) is 0 Å². The molecular weight excluding hydrogens is 178 g/mol. The smallest absolute Gasteiger partial charge is 0.255 e. The van der Waals surface area contributed by atoms with Gasteiger partial charge in [-0.05, 0) is 12.5 Å². The van der Waals surface area contributed by atoms with Crippen LogP contribution in [0.2, 0.25) is 0 Å². The number of hydrogen-bond donors (Lipinski definition) is 2. The molecule has 2 unspecified atom stereocenters. The number of halogens is 2. The van der Waals surface area contributed by atoms with E-state index in [2.05, 4.69) is 10.6 Å². The van der Waals surface area contributed by atoms with E-state index in [1.165, 1.54) is 0 Å². The van der Waals surface area contributed by atoms with Crippen LogP contribution in [0.4, 0.5) is 8.78 Å². The van der Waals surface area contributed by atoms with Crippen molar-refractivity contribution >= 4 is 5.91 Å². The molecular formula is C8H14F2N2O. The van der Waals surface area contributed by atoms with Gasteiger partial charge in [0.15, 0.2) is 0 Å². The van der Waals surface area contributed by atoms with Crippen molar-refractivity contribution in [3.8, 4) is 0 Å². The van der Waals surface area contributed by atoms with Crippen LogP contribution in [0.5, 0.6) is 0 Å². The summed E-state index contributed by atoms with van der Waals surface area (Å²) >= 11 is 0. The Morgan fingerprint density at radius 3 is 2.77 bits per heavy atom. The van der Waals surface area contributed by atoms with E-state index in [0.717, 1.165) is 6.54 Å². The van der Waals surface area contributed by atoms with Gasteiger partial charge in [-0.15, -0.1) is 0 Å². The number of hydrogen-bond acceptors (Lipinski definition) is 2. The van der Waals surface area contributed by atoms with Crippen LogP contribution >= 0.6 is 0 Å². The van der Waals surface area contributed by atoms with Crippen molar-refractivity contribution in [2.45, 2.75) is 13.3 Å². The highest BCUT2D eigenvalue weighted by Crippen LogP contribution is 2.15. The molecule has 1 heterocycles. The standard InChI is InChI=1S/C8H14F2N2O/c1-5-2-11-3-6(5)8(13)12-4-7(9)10/h5-7,11H,2-4H2,1H3,(H,12,13). The molecule has 13 heavy (non-hydrogen) atoms. The molecule has 0 bridgehead atoms. The second-order valence-corrected chi connectivity index (χ2v) is 3.38. The zero-order valence-corrected chi connectivity index (χ0v) is 7.52. The molecule has 5 heteroatoms. The molecule has 1 aliphatic heterocycles. The summed E-state index contributed by atoms with van der Waals surface area (Å²) in [5.74, 6) is -0.186. The Hall–Kier alpha value is -0.710. The number of nitrogens with one attached hydrogen (secondary N) is 2. The number of amides is 1. The maximum absolute atomic E-state index is 11.7. The van der Waals surface area contributed by atoms with E-state index in [9.17, 15) is 13.6 Å². The third-order valence-corrected chi connectivity index (χ3v) is 2.28. The maximum Gasteiger partial charge on any atom is 0.255 e. The molecule has 0 aromatic carbocycles. The molecule has 0 aliphatic carbocycles. The van der Waals surface area contributed by atoms with E-state index in [4.69, 9.17) is 0 Å². The molecule has 1 fully saturated rings. The van der Waals surface area contributed by atoms with Gasteiger partial charge in [-0.1, -0.05) is 6.92 Å². The van der Waals surface area contributed by atoms with Crippen molar-refractivity contribution in [1.82, 2.24) is 10.6 Å². The highest BCUT2D eigenvalue weighted by Gasteiger charge is 2.29. The van der Waals surface area contributed by atoms with E-state index in [-0.39, 0.29) is 17.7 Å². The van der Waals surface area contributed by atoms with Crippen LogP contribution in [0, 0.1) is 11.8 Å². The van der Waals surface area contributed by atoms with Gasteiger partial charge in [0.1, 0.15) is 0 Å². The molecule has 0 saturated carbocycles. The first kappa shape index (κ1) is 10.4. The van der Waals surface area contributed by atoms with Gasteiger partial charge < -0.3 is 10.6 Å². The highest BCUT2D eigenvalue weighted by atomic mass is 19.3. The van der Waals surface area contributed by atoms with Crippen molar-refractivity contribution < 1.29 is 13.6 Å². The van der Waals surface area contributed by atoms with E-state index >= 15 is 0 Å². The zero-order chi connectivity index (χ0) is 9.84. The van der Waals surface area contributed by atoms with E-state index in [1.807, 2.05) is 6.92 Å². The molecule has 2 N–H and O–H groups in total. The van der Waals surface area contributed by atoms with Crippen molar-refractivity contribution in [3.63, 3.8) is 0 Å². The predicted octanol–water partition coefficient (Wildman–Crippen LogP) is 0.223. The topological polar surface area (TPSA) is 41.1 Å². The van der Waals surface area contributed by atoms with Gasteiger partial charge in [-0.2, -0.15) is 0 Å². The zero-order valence-electron chi connectivity index (χ0n) is 7.52. The number of alkyl halides is 2. The van der Waals surface area contributed by atoms with E-state index < -0.39 is 13.0 Å². The van der Waals surface area contributed by atoms with Gasteiger partial charge >= 0.3 is 0 Å². The summed E-state index contributed by atoms with van der Waals surface area (Å²) < 4.78 is 23.5. The molecule has 1 rings (SSSR count). The summed E-state index contributed by atoms with van der Waals surface area (Å²) in [4.78, 5) is 11.3. The Bertz CT molecular complexity index is 187. The van der Waals surface area contributed by atoms with Gasteiger partial charge in [0.05, 0.1) is 12.5 Å². The first-order valence-electron chi connectivity index (χ1n) is 4.38. The average Bonchev–Trinajstić information content (AvgIpc) is 2.47. The normalized spacial score (nSPS) is 28.0. The third-order valence-electron chi connectivity index (χ3n) is 2.28. The monoisotopic (exact) mass is 192 g/mol. The Morgan fingerprint density at radius 2 is 2.31 bits per heavy atom. The van der Waals surface area contributed by atoms with Crippen molar-refractivity contribution in [1.29, 1.82) is 0 Å². The lowest BCUT2D eigenvalue weighted by Crippen LogP contribution is -2.36. The minimum absolute atomic E-state index is 0.154. The number of carbonyl (C=O) groups is 1. The van der Waals surface area contributed by atoms with Crippen molar-refractivity contribution in [2.24, 2.45) is 11.8 Å². The lowest BCUT2D eigenvalue weighted by atomic mass is 9.97. The third kappa shape index (κ3) is 2.91. The highest BCUT2D eigenvalue weighted by molar-refractivity contribution is 5.79. The minimum Gasteiger partial charge on any atom is -0.350 e. The van der Waals surface area contributed by atoms with Gasteiger partial charge in [0, 0.05) is 6.54 Å². The summed E-state index contributed by atoms with van der Waals surface area (Å²) in [5, 5.41) is 5.27. The number of rotatable bonds is 3. The Labute approximate surface area is 75.9 Å². The molecule has 1 saturated heterocycles. The quantitative estimate of drug-likeness (QED) is 0.671. The SMILES string of the molecule is CC1CNCC1C(=O)NCC(F)F. The average molecular weight is 192 g/mol. The summed E-state index contributed by atoms with van der Waals surface area (Å²) in [6.45, 7) is 2.78. The fourth-order valence-electron chi connectivity index (χ4n) is 1.47. The summed E-state index contributed by atoms with van der Waals surface area (Å²) in [6, 6.07) is 0. The molecule has 0 spiro atoms. The molecule has 1 amide bonds. The Morgan fingerprint density at radius 1 is 1.62 bits per heavy atom. The predicted molar refractivity (Wildman–Crippen MR) is 44.5 cm³/mol. The second-order valence-electron chi connectivity index (χ2n) is 3.38. The molecule has 1 aliphatic rings. The largest absolute Gasteiger partial charge is 0.350 e. The fourth-order valence-corrected chi connectivity index (χ4v) is 1.47. The maximum atomic E-state index is 11.7. The molecule has 0 aromatic heterocycles. The van der Waals surface area contributed by atoms with E-state index in [0.29, 0.717) is 6.54 Å². The molecule has 0 aromatic rings. The van der Waals surface area contributed by atoms with Crippen LogP contribution in [0.25, 0.3) is 0 Å². The molecule has 76 valence electrons. The van der Waals surface area contributed by atoms with Gasteiger partial charge in [0.25, 0.3) is 6.43 Å². The molecule has 3 nitrogen and oxygen atoms in total. The minimum atomic E-state index is -2.46. The lowest BCUT2D eigenvalue weighted by molar-refractivity contribution is -0.126. The first-order chi connectivity index (χ1) is 6.11. The van der Waals surface area contributed by atoms with E-state index in [1.54, 1.807) is 0 Å². The van der Waals surface area contributed by atoms with Gasteiger partial charge in [-0.25, -0.2) is 8.78 Å². The fraction of sp³-hybridized carbons (Fsp3) is 0.875. The first-order valence-corrected chi connectivity index (χ1v) is 4.38. The van der Waals surface area contributed by atoms with Crippen LogP contribution < -0.4 is 10.6 Å². The number of carbonyl (C=O) groups excluding carboxylic acids is 1. The molecule has 0 radical (unpaired) electrons. The van der Waals surface area contributed by atoms with Crippen LogP contribution in [0.15, 0.2) is 0 Å². The Balaban J connectivity index is 2.30.